The molecule has 25 nitrogen and oxygen atoms in total. The summed E-state index contributed by atoms with van der Waals surface area (Å²) in [7, 11) is 1.43. The minimum atomic E-state index is -1.16. The molecule has 5 amide bonds. The number of piperidine rings is 1. The Hall–Kier alpha value is -7.13. The van der Waals surface area contributed by atoms with E-state index < -0.39 is 18.1 Å². The number of anilines is 1. The number of halogens is 1. The molecule has 1 aliphatic carbocycles. The van der Waals surface area contributed by atoms with E-state index in [-0.39, 0.29) is 162 Å². The molecule has 4 heterocycles. The van der Waals surface area contributed by atoms with Crippen molar-refractivity contribution in [2.75, 3.05) is 71.8 Å². The van der Waals surface area contributed by atoms with Crippen LogP contribution < -0.4 is 21.3 Å². The van der Waals surface area contributed by atoms with Crippen molar-refractivity contribution in [3.05, 3.63) is 63.9 Å². The quantitative estimate of drug-likeness (QED) is 0.0120. The summed E-state index contributed by atoms with van der Waals surface area (Å²) >= 11 is 3.37. The van der Waals surface area contributed by atoms with Gasteiger partial charge in [0.25, 0.3) is 0 Å². The number of Topliss-reactive ketones (excluding diaryl/α,β-unsaturated/α-hetero) is 2. The number of likely N-dealkylation sites (tertiary alicyclic amines) is 1. The van der Waals surface area contributed by atoms with Crippen molar-refractivity contribution >= 4 is 85.7 Å². The number of amides is 5. The highest BCUT2D eigenvalue weighted by molar-refractivity contribution is 9.10. The van der Waals surface area contributed by atoms with E-state index in [1.807, 2.05) is 32.0 Å². The van der Waals surface area contributed by atoms with E-state index in [0.29, 0.717) is 58.4 Å². The lowest BCUT2D eigenvalue weighted by Gasteiger charge is -2.27. The molecular weight excluding hydrogens is 1260 g/mol. The number of ketones is 2. The molecule has 1 saturated carbocycles. The number of nitrogens with one attached hydrogen (secondary N) is 4. The molecule has 0 radical (unpaired) electrons. The summed E-state index contributed by atoms with van der Waals surface area (Å²) < 4.78 is 28.6. The zero-order valence-electron chi connectivity index (χ0n) is 54.8. The van der Waals surface area contributed by atoms with Crippen LogP contribution in [0.4, 0.5) is 5.82 Å². The van der Waals surface area contributed by atoms with Crippen LogP contribution in [0.15, 0.2) is 41.3 Å². The van der Waals surface area contributed by atoms with Crippen LogP contribution >= 0.6 is 15.9 Å². The molecule has 93 heavy (non-hydrogen) atoms. The second-order valence-corrected chi connectivity index (χ2v) is 25.3. The first-order valence-electron chi connectivity index (χ1n) is 32.8. The molecule has 4 atom stereocenters. The Labute approximate surface area is 553 Å². The molecule has 0 unspecified atom stereocenters. The number of fused-ring (bicyclic) bond motifs is 2. The van der Waals surface area contributed by atoms with Gasteiger partial charge in [-0.05, 0) is 109 Å². The van der Waals surface area contributed by atoms with Crippen molar-refractivity contribution in [1.82, 2.24) is 45.6 Å². The van der Waals surface area contributed by atoms with Gasteiger partial charge in [-0.2, -0.15) is 5.10 Å². The van der Waals surface area contributed by atoms with Gasteiger partial charge in [-0.25, -0.2) is 19.7 Å². The van der Waals surface area contributed by atoms with Crippen molar-refractivity contribution in [3.63, 3.8) is 0 Å². The normalized spacial score (nSPS) is 16.0. The largest absolute Gasteiger partial charge is 0.480 e. The number of methoxy groups -OCH3 is 1. The molecule has 0 bridgehead atoms. The summed E-state index contributed by atoms with van der Waals surface area (Å²) in [5.41, 5.74) is 3.61. The molecule has 1 saturated heterocycles. The van der Waals surface area contributed by atoms with Crippen LogP contribution in [0, 0.1) is 19.3 Å². The number of rotatable bonds is 47. The molecule has 0 spiro atoms. The number of esters is 1. The Morgan fingerprint density at radius 1 is 0.688 bits per heavy atom. The van der Waals surface area contributed by atoms with Crippen molar-refractivity contribution < 1.29 is 71.9 Å². The lowest BCUT2D eigenvalue weighted by molar-refractivity contribution is -0.142. The summed E-state index contributed by atoms with van der Waals surface area (Å²) in [6.07, 6.45) is 21.5. The number of nitrogens with zero attached hydrogens (tertiary/aromatic N) is 6. The highest BCUT2D eigenvalue weighted by Crippen LogP contribution is 2.59. The molecule has 4 aromatic rings. The zero-order chi connectivity index (χ0) is 67.1. The molecule has 2 fully saturated rings. The number of carbonyl (C=O) groups excluding carboxylic acids is 8. The number of hydrogen-bond acceptors (Lipinski definition) is 18. The zero-order valence-corrected chi connectivity index (χ0v) is 56.3. The maximum absolute atomic E-state index is 14.2. The predicted molar refractivity (Wildman–Crippen MR) is 350 cm³/mol. The van der Waals surface area contributed by atoms with Crippen LogP contribution in [0.5, 0.6) is 0 Å². The molecule has 26 heteroatoms. The molecule has 6 rings (SSSR count). The number of pyridine rings is 1. The summed E-state index contributed by atoms with van der Waals surface area (Å²) in [6.45, 7) is 8.14. The van der Waals surface area contributed by atoms with Crippen molar-refractivity contribution in [2.45, 2.75) is 200 Å². The van der Waals surface area contributed by atoms with Gasteiger partial charge in [-0.3, -0.25) is 43.0 Å². The Balaban J connectivity index is 0.741. The van der Waals surface area contributed by atoms with Gasteiger partial charge in [0.2, 0.25) is 29.5 Å². The lowest BCUT2D eigenvalue weighted by atomic mass is 10.0. The van der Waals surface area contributed by atoms with Gasteiger partial charge in [0, 0.05) is 75.1 Å². The monoisotopic (exact) mass is 1360 g/mol. The maximum atomic E-state index is 14.2. The summed E-state index contributed by atoms with van der Waals surface area (Å²) in [5.74, 6) is -2.52. The Morgan fingerprint density at radius 2 is 1.29 bits per heavy atom. The Kier molecular flexibility index (Phi) is 31.8. The van der Waals surface area contributed by atoms with E-state index in [4.69, 9.17) is 18.9 Å². The first-order valence-corrected chi connectivity index (χ1v) is 33.6. The van der Waals surface area contributed by atoms with Crippen LogP contribution in [-0.2, 0) is 75.1 Å². The summed E-state index contributed by atoms with van der Waals surface area (Å²) in [6, 6.07) is 5.48. The third kappa shape index (κ3) is 25.6. The van der Waals surface area contributed by atoms with E-state index >= 15 is 0 Å². The van der Waals surface area contributed by atoms with Gasteiger partial charge < -0.3 is 55.0 Å². The highest BCUT2D eigenvalue weighted by atomic mass is 79.9. The van der Waals surface area contributed by atoms with E-state index in [1.54, 1.807) is 28.0 Å². The van der Waals surface area contributed by atoms with E-state index in [1.165, 1.54) is 59.0 Å². The SMILES string of the molecule is COC(=O)CCCCCCCCCCCCCCCCC(=O)N[C@@H](CCC(=O)CCCOCCOCC(=O)NCCOCCOCC(=O)NCc1ncc(-c2cc(C)c3c(c2)c(C(C)=O)nn3CC(=O)N2[C@H](C(=O)Nc3nc(Br)ccc3C)C[C@@]3(C)C[C@@H]23)cn1)C(=O)O. The number of aromatic nitrogens is 5. The average Bonchev–Trinajstić information content (AvgIpc) is 1.55. The molecule has 510 valence electrons. The second kappa shape index (κ2) is 39.5. The number of unbranched alkanes of at least 4 members (excludes halogenated alkanes) is 13. The number of aliphatic carboxylic acids is 1. The summed E-state index contributed by atoms with van der Waals surface area (Å²) in [4.78, 5) is 128. The van der Waals surface area contributed by atoms with Crippen LogP contribution in [0.2, 0.25) is 0 Å². The number of carbonyl (C=O) groups is 9. The molecular formula is C67H95BrN10O15. The number of aryl methyl sites for hydroxylation is 2. The van der Waals surface area contributed by atoms with E-state index in [9.17, 15) is 48.3 Å². The van der Waals surface area contributed by atoms with Crippen molar-refractivity contribution in [2.24, 2.45) is 5.41 Å². The fraction of sp³-hybridized carbons (Fsp3) is 0.627. The number of ether oxygens (including phenoxy) is 5. The highest BCUT2D eigenvalue weighted by Gasteiger charge is 2.64. The van der Waals surface area contributed by atoms with Crippen molar-refractivity contribution in [1.29, 1.82) is 0 Å². The topological polar surface area (TPSA) is 328 Å². The summed E-state index contributed by atoms with van der Waals surface area (Å²) in [5, 5.41) is 25.7. The standard InChI is InChI=1S/C67H95BrN10O15/c1-45-24-27-55(68)74-64(45)75-65(86)53-37-67(4)38-54(67)78(53)60(84)42-77-63-46(2)35-48(36-51(63)62(76-77)47(3)79)49-39-70-56(71-40-49)41-72-59(83)44-93-34-32-91-30-28-69-58(82)43-92-33-31-90-29-20-21-50(80)25-26-52(66(87)88)73-57(81)22-18-16-14-12-10-8-6-7-9-11-13-15-17-19-23-61(85)89-5/h24,27,35-36,39-40,52-54H,6-23,25-26,28-34,37-38,41-44H2,1-5H3,(H,69,82)(H,72,83)(H,73,81)(H,87,88)(H,74,75,86)/t52-,53-,54+,67-/m0/s1. The second-order valence-electron chi connectivity index (χ2n) is 24.4. The first kappa shape index (κ1) is 74.9. The van der Waals surface area contributed by atoms with Crippen LogP contribution in [0.25, 0.3) is 22.0 Å². The van der Waals surface area contributed by atoms with Crippen molar-refractivity contribution in [3.8, 4) is 11.1 Å². The van der Waals surface area contributed by atoms with Gasteiger partial charge in [-0.15, -0.1) is 0 Å². The third-order valence-electron chi connectivity index (χ3n) is 16.8. The lowest BCUT2D eigenvalue weighted by Crippen LogP contribution is -2.47. The molecule has 2 aliphatic rings. The first-order chi connectivity index (χ1) is 44.8. The smallest absolute Gasteiger partial charge is 0.326 e. The van der Waals surface area contributed by atoms with Gasteiger partial charge in [-0.1, -0.05) is 90.0 Å². The molecule has 5 N–H and O–H groups in total. The van der Waals surface area contributed by atoms with Gasteiger partial charge in [0.1, 0.15) is 59.6 Å². The predicted octanol–water partition coefficient (Wildman–Crippen LogP) is 8.40. The average molecular weight is 1360 g/mol. The number of carboxylic acids is 1. The minimum absolute atomic E-state index is 0.0205. The van der Waals surface area contributed by atoms with Crippen LogP contribution in [0.1, 0.15) is 183 Å². The maximum Gasteiger partial charge on any atom is 0.326 e. The number of benzene rings is 1. The molecule has 1 aromatic carbocycles. The fourth-order valence-corrected chi connectivity index (χ4v) is 11.8. The van der Waals surface area contributed by atoms with Gasteiger partial charge in [0.05, 0.1) is 52.2 Å². The molecule has 1 aliphatic heterocycles. The fourth-order valence-electron chi connectivity index (χ4n) is 11.5. The van der Waals surface area contributed by atoms with E-state index in [0.717, 1.165) is 61.6 Å². The van der Waals surface area contributed by atoms with Crippen LogP contribution in [-0.4, -0.2) is 172 Å². The third-order valence-corrected chi connectivity index (χ3v) is 17.2. The minimum Gasteiger partial charge on any atom is -0.480 e. The number of carboxylic acid groups (broad SMARTS) is 1. The Morgan fingerprint density at radius 3 is 1.91 bits per heavy atom. The Bertz CT molecular complexity index is 3140. The molecule has 3 aromatic heterocycles. The van der Waals surface area contributed by atoms with Gasteiger partial charge in [0.15, 0.2) is 5.78 Å². The van der Waals surface area contributed by atoms with Gasteiger partial charge >= 0.3 is 11.9 Å². The van der Waals surface area contributed by atoms with E-state index in [2.05, 4.69) is 68.9 Å². The number of hydrogen-bond donors (Lipinski definition) is 5. The van der Waals surface area contributed by atoms with Crippen LogP contribution in [0.3, 0.4) is 0 Å².